The average molecular weight is 388 g/mol. The molecule has 0 saturated carbocycles. The van der Waals surface area contributed by atoms with Crippen molar-refractivity contribution in [2.45, 2.75) is 0 Å². The number of rotatable bonds is 7. The highest BCUT2D eigenvalue weighted by molar-refractivity contribution is 5.98. The zero-order valence-corrected chi connectivity index (χ0v) is 15.0. The summed E-state index contributed by atoms with van der Waals surface area (Å²) in [6.07, 6.45) is 0. The van der Waals surface area contributed by atoms with E-state index < -0.39 is 35.1 Å². The summed E-state index contributed by atoms with van der Waals surface area (Å²) in [5, 5.41) is 13.5. The van der Waals surface area contributed by atoms with E-state index in [0.717, 1.165) is 25.3 Å². The molecular formula is C18H16N2O8. The lowest BCUT2D eigenvalue weighted by Gasteiger charge is -2.08. The van der Waals surface area contributed by atoms with Crippen LogP contribution in [0.5, 0.6) is 5.75 Å². The number of esters is 2. The van der Waals surface area contributed by atoms with Crippen molar-refractivity contribution in [3.05, 3.63) is 63.7 Å². The van der Waals surface area contributed by atoms with Crippen molar-refractivity contribution in [1.82, 2.24) is 0 Å². The van der Waals surface area contributed by atoms with Crippen LogP contribution in [0.15, 0.2) is 42.5 Å². The van der Waals surface area contributed by atoms with Gasteiger partial charge in [0.05, 0.1) is 30.3 Å². The molecule has 2 aromatic rings. The normalized spacial score (nSPS) is 9.93. The highest BCUT2D eigenvalue weighted by Crippen LogP contribution is 2.19. The lowest BCUT2D eigenvalue weighted by atomic mass is 10.1. The van der Waals surface area contributed by atoms with E-state index in [0.29, 0.717) is 11.4 Å². The van der Waals surface area contributed by atoms with Crippen LogP contribution in [0.1, 0.15) is 20.7 Å². The number of hydrogen-bond acceptors (Lipinski definition) is 8. The number of carbonyl (C=O) groups is 3. The predicted molar refractivity (Wildman–Crippen MR) is 96.3 cm³/mol. The Morgan fingerprint density at radius 2 is 1.61 bits per heavy atom. The van der Waals surface area contributed by atoms with Gasteiger partial charge in [0.25, 0.3) is 11.6 Å². The van der Waals surface area contributed by atoms with Crippen molar-refractivity contribution in [2.24, 2.45) is 0 Å². The average Bonchev–Trinajstić information content (AvgIpc) is 2.71. The minimum Gasteiger partial charge on any atom is -0.497 e. The maximum atomic E-state index is 12.1. The highest BCUT2D eigenvalue weighted by atomic mass is 16.6. The summed E-state index contributed by atoms with van der Waals surface area (Å²) in [6, 6.07) is 9.47. The van der Waals surface area contributed by atoms with Gasteiger partial charge in [0.1, 0.15) is 5.75 Å². The number of ether oxygens (including phenoxy) is 3. The van der Waals surface area contributed by atoms with E-state index in [-0.39, 0.29) is 11.1 Å². The molecule has 0 radical (unpaired) electrons. The van der Waals surface area contributed by atoms with Gasteiger partial charge in [-0.3, -0.25) is 14.9 Å². The smallest absolute Gasteiger partial charge is 0.338 e. The number of amides is 1. The van der Waals surface area contributed by atoms with Crippen LogP contribution in [0, 0.1) is 10.1 Å². The first-order valence-electron chi connectivity index (χ1n) is 7.83. The first-order valence-corrected chi connectivity index (χ1v) is 7.83. The predicted octanol–water partition coefficient (Wildman–Crippen LogP) is 2.19. The van der Waals surface area contributed by atoms with E-state index >= 15 is 0 Å². The van der Waals surface area contributed by atoms with Crippen LogP contribution in [-0.4, -0.2) is 43.6 Å². The van der Waals surface area contributed by atoms with E-state index in [2.05, 4.69) is 10.1 Å². The number of hydrogen-bond donors (Lipinski definition) is 1. The summed E-state index contributed by atoms with van der Waals surface area (Å²) in [5.41, 5.74) is -0.471. The summed E-state index contributed by atoms with van der Waals surface area (Å²) in [5.74, 6) is -1.86. The first kappa shape index (κ1) is 20.4. The maximum Gasteiger partial charge on any atom is 0.338 e. The summed E-state index contributed by atoms with van der Waals surface area (Å²) in [6.45, 7) is -0.624. The van der Waals surface area contributed by atoms with E-state index in [1.807, 2.05) is 0 Å². The number of nitrogens with zero attached hydrogens (tertiary/aromatic N) is 1. The molecule has 2 aromatic carbocycles. The summed E-state index contributed by atoms with van der Waals surface area (Å²) < 4.78 is 14.4. The van der Waals surface area contributed by atoms with Crippen LogP contribution in [0.3, 0.4) is 0 Å². The van der Waals surface area contributed by atoms with Crippen LogP contribution >= 0.6 is 0 Å². The molecule has 0 bridgehead atoms. The van der Waals surface area contributed by atoms with Crippen molar-refractivity contribution in [3.8, 4) is 5.75 Å². The van der Waals surface area contributed by atoms with Crippen LogP contribution < -0.4 is 10.1 Å². The Hall–Kier alpha value is -3.95. The Balaban J connectivity index is 2.05. The molecule has 28 heavy (non-hydrogen) atoms. The number of nitro benzene ring substituents is 1. The molecule has 0 atom stereocenters. The number of carbonyl (C=O) groups excluding carboxylic acids is 3. The molecule has 146 valence electrons. The molecule has 0 heterocycles. The molecule has 1 amide bonds. The Morgan fingerprint density at radius 3 is 2.14 bits per heavy atom. The second-order valence-electron chi connectivity index (χ2n) is 5.37. The molecule has 1 N–H and O–H groups in total. The zero-order chi connectivity index (χ0) is 20.7. The van der Waals surface area contributed by atoms with Crippen LogP contribution in [0.2, 0.25) is 0 Å². The van der Waals surface area contributed by atoms with Gasteiger partial charge in [0.2, 0.25) is 0 Å². The fraction of sp³-hybridized carbons (Fsp3) is 0.167. The fourth-order valence-corrected chi connectivity index (χ4v) is 2.16. The number of non-ortho nitro benzene ring substituents is 1. The van der Waals surface area contributed by atoms with Gasteiger partial charge in [-0.1, -0.05) is 0 Å². The largest absolute Gasteiger partial charge is 0.497 e. The lowest BCUT2D eigenvalue weighted by Crippen LogP contribution is -2.21. The molecule has 0 aliphatic heterocycles. The quantitative estimate of drug-likeness (QED) is 0.433. The summed E-state index contributed by atoms with van der Waals surface area (Å²) in [4.78, 5) is 45.9. The Labute approximate surface area is 159 Å². The molecule has 10 heteroatoms. The third-order valence-corrected chi connectivity index (χ3v) is 3.49. The van der Waals surface area contributed by atoms with Crippen molar-refractivity contribution >= 4 is 29.2 Å². The van der Waals surface area contributed by atoms with Gasteiger partial charge in [-0.15, -0.1) is 0 Å². The SMILES string of the molecule is COC(=O)c1cc(C(=O)OCC(=O)Nc2ccc(OC)cc2)cc([N+](=O)[O-])c1. The molecule has 0 aliphatic carbocycles. The van der Waals surface area contributed by atoms with E-state index in [1.165, 1.54) is 7.11 Å². The van der Waals surface area contributed by atoms with Gasteiger partial charge in [0.15, 0.2) is 6.61 Å². The van der Waals surface area contributed by atoms with E-state index in [1.54, 1.807) is 24.3 Å². The molecule has 0 unspecified atom stereocenters. The van der Waals surface area contributed by atoms with Gasteiger partial charge in [-0.2, -0.15) is 0 Å². The number of nitro groups is 1. The Kier molecular flexibility index (Phi) is 6.63. The van der Waals surface area contributed by atoms with Crippen molar-refractivity contribution in [3.63, 3.8) is 0 Å². The van der Waals surface area contributed by atoms with Gasteiger partial charge in [0, 0.05) is 17.8 Å². The number of anilines is 1. The third kappa shape index (κ3) is 5.27. The molecule has 0 aromatic heterocycles. The van der Waals surface area contributed by atoms with E-state index in [4.69, 9.17) is 9.47 Å². The van der Waals surface area contributed by atoms with Crippen molar-refractivity contribution in [1.29, 1.82) is 0 Å². The molecule has 0 fully saturated rings. The minimum absolute atomic E-state index is 0.189. The number of benzene rings is 2. The fourth-order valence-electron chi connectivity index (χ4n) is 2.16. The number of methoxy groups -OCH3 is 2. The van der Waals surface area contributed by atoms with Crippen LogP contribution in [0.4, 0.5) is 11.4 Å². The van der Waals surface area contributed by atoms with E-state index in [9.17, 15) is 24.5 Å². The van der Waals surface area contributed by atoms with Gasteiger partial charge in [-0.05, 0) is 30.3 Å². The van der Waals surface area contributed by atoms with Crippen molar-refractivity contribution in [2.75, 3.05) is 26.1 Å². The molecular weight excluding hydrogens is 372 g/mol. The van der Waals surface area contributed by atoms with Gasteiger partial charge in [-0.25, -0.2) is 9.59 Å². The summed E-state index contributed by atoms with van der Waals surface area (Å²) >= 11 is 0. The van der Waals surface area contributed by atoms with Gasteiger partial charge < -0.3 is 19.5 Å². The van der Waals surface area contributed by atoms with Crippen LogP contribution in [-0.2, 0) is 14.3 Å². The molecule has 2 rings (SSSR count). The monoisotopic (exact) mass is 388 g/mol. The Morgan fingerprint density at radius 1 is 1.00 bits per heavy atom. The van der Waals surface area contributed by atoms with Crippen molar-refractivity contribution < 1.29 is 33.5 Å². The molecule has 10 nitrogen and oxygen atoms in total. The lowest BCUT2D eigenvalue weighted by molar-refractivity contribution is -0.384. The maximum absolute atomic E-state index is 12.1. The second-order valence-corrected chi connectivity index (χ2v) is 5.37. The third-order valence-electron chi connectivity index (χ3n) is 3.49. The van der Waals surface area contributed by atoms with Gasteiger partial charge >= 0.3 is 11.9 Å². The Bertz CT molecular complexity index is 908. The van der Waals surface area contributed by atoms with Crippen LogP contribution in [0.25, 0.3) is 0 Å². The molecule has 0 spiro atoms. The standard InChI is InChI=1S/C18H16N2O8/c1-26-15-5-3-13(4-6-15)19-16(21)10-28-18(23)12-7-11(17(22)27-2)8-14(9-12)20(24)25/h3-9H,10H2,1-2H3,(H,19,21). The summed E-state index contributed by atoms with van der Waals surface area (Å²) in [7, 11) is 2.61. The zero-order valence-electron chi connectivity index (χ0n) is 15.0. The number of nitrogens with one attached hydrogen (secondary N) is 1. The second kappa shape index (κ2) is 9.12. The molecule has 0 saturated heterocycles. The topological polar surface area (TPSA) is 134 Å². The first-order chi connectivity index (χ1) is 13.3. The highest BCUT2D eigenvalue weighted by Gasteiger charge is 2.20. The minimum atomic E-state index is -1.00. The molecule has 0 aliphatic rings.